The molecule has 0 atom stereocenters. The third-order valence-corrected chi connectivity index (χ3v) is 4.17. The molecule has 0 radical (unpaired) electrons. The van der Waals surface area contributed by atoms with Gasteiger partial charge in [0, 0.05) is 6.07 Å². The van der Waals surface area contributed by atoms with Crippen LogP contribution in [0, 0.1) is 10.1 Å². The molecule has 0 unspecified atom stereocenters. The summed E-state index contributed by atoms with van der Waals surface area (Å²) in [6.45, 7) is -0.215. The summed E-state index contributed by atoms with van der Waals surface area (Å²) in [5, 5.41) is 13.1. The van der Waals surface area contributed by atoms with Crippen LogP contribution in [0.3, 0.4) is 0 Å². The Labute approximate surface area is 172 Å². The van der Waals surface area contributed by atoms with Crippen molar-refractivity contribution in [1.82, 2.24) is 0 Å². The summed E-state index contributed by atoms with van der Waals surface area (Å²) < 4.78 is 49.8. The van der Waals surface area contributed by atoms with Gasteiger partial charge in [0.15, 0.2) is 5.76 Å². The number of hydrogen-bond acceptors (Lipinski definition) is 5. The van der Waals surface area contributed by atoms with E-state index in [2.05, 4.69) is 5.32 Å². The lowest BCUT2D eigenvalue weighted by Gasteiger charge is -2.12. The maximum atomic E-state index is 13.0. The van der Waals surface area contributed by atoms with Gasteiger partial charge in [0.2, 0.25) is 0 Å². The Hall–Kier alpha value is -3.53. The minimum Gasteiger partial charge on any atom is -0.484 e. The van der Waals surface area contributed by atoms with Gasteiger partial charge >= 0.3 is 6.18 Å². The van der Waals surface area contributed by atoms with Gasteiger partial charge in [0.25, 0.3) is 11.6 Å². The van der Waals surface area contributed by atoms with Crippen LogP contribution in [0.25, 0.3) is 0 Å². The summed E-state index contributed by atoms with van der Waals surface area (Å²) in [7, 11) is 0. The number of benzene rings is 2. The van der Waals surface area contributed by atoms with E-state index in [0.717, 1.165) is 18.2 Å². The monoisotopic (exact) mass is 440 g/mol. The molecule has 2 aromatic carbocycles. The number of nitrogens with zero attached hydrogens (tertiary/aromatic N) is 1. The van der Waals surface area contributed by atoms with E-state index in [1.807, 2.05) is 0 Å². The third kappa shape index (κ3) is 4.90. The summed E-state index contributed by atoms with van der Waals surface area (Å²) in [5.74, 6) is -0.929. The highest BCUT2D eigenvalue weighted by atomic mass is 35.5. The van der Waals surface area contributed by atoms with E-state index < -0.39 is 28.3 Å². The van der Waals surface area contributed by atoms with Gasteiger partial charge in [-0.05, 0) is 30.3 Å². The van der Waals surface area contributed by atoms with Gasteiger partial charge in [-0.1, -0.05) is 23.7 Å². The number of carbonyl (C=O) groups excluding carboxylic acids is 1. The quantitative estimate of drug-likeness (QED) is 0.392. The fourth-order valence-electron chi connectivity index (χ4n) is 2.47. The second-order valence-electron chi connectivity index (χ2n) is 5.92. The van der Waals surface area contributed by atoms with Crippen molar-refractivity contribution in [2.75, 3.05) is 5.32 Å². The number of amides is 1. The molecule has 0 spiro atoms. The lowest BCUT2D eigenvalue weighted by atomic mass is 10.1. The molecule has 1 amide bonds. The zero-order chi connectivity index (χ0) is 21.9. The first kappa shape index (κ1) is 21.2. The number of para-hydroxylation sites is 1. The van der Waals surface area contributed by atoms with Gasteiger partial charge in [-0.25, -0.2) is 0 Å². The summed E-state index contributed by atoms with van der Waals surface area (Å²) >= 11 is 5.93. The number of rotatable bonds is 6. The van der Waals surface area contributed by atoms with Crippen LogP contribution in [0.1, 0.15) is 21.9 Å². The molecule has 0 saturated heterocycles. The number of alkyl halides is 3. The first-order valence-corrected chi connectivity index (χ1v) is 8.66. The molecule has 11 heteroatoms. The average molecular weight is 441 g/mol. The van der Waals surface area contributed by atoms with E-state index in [-0.39, 0.29) is 34.6 Å². The highest BCUT2D eigenvalue weighted by Crippen LogP contribution is 2.35. The highest BCUT2D eigenvalue weighted by molar-refractivity contribution is 6.32. The summed E-state index contributed by atoms with van der Waals surface area (Å²) in [5.41, 5.74) is -1.63. The molecule has 0 aliphatic heterocycles. The molecular weight excluding hydrogens is 429 g/mol. The number of furan rings is 1. The number of carbonyl (C=O) groups is 1. The molecule has 3 rings (SSSR count). The van der Waals surface area contributed by atoms with Crippen LogP contribution >= 0.6 is 11.6 Å². The molecule has 156 valence electrons. The van der Waals surface area contributed by atoms with Gasteiger partial charge < -0.3 is 14.5 Å². The van der Waals surface area contributed by atoms with Crippen molar-refractivity contribution in [3.8, 4) is 5.75 Å². The van der Waals surface area contributed by atoms with Crippen molar-refractivity contribution in [1.29, 1.82) is 0 Å². The molecule has 0 bridgehead atoms. The van der Waals surface area contributed by atoms with Gasteiger partial charge in [0.05, 0.1) is 27.3 Å². The van der Waals surface area contributed by atoms with Crippen molar-refractivity contribution in [2.45, 2.75) is 12.8 Å². The highest BCUT2D eigenvalue weighted by Gasteiger charge is 2.33. The van der Waals surface area contributed by atoms with E-state index in [9.17, 15) is 28.1 Å². The van der Waals surface area contributed by atoms with Crippen LogP contribution in [0.4, 0.5) is 24.5 Å². The summed E-state index contributed by atoms with van der Waals surface area (Å²) in [6, 6.07) is 10.8. The van der Waals surface area contributed by atoms with E-state index in [1.54, 1.807) is 0 Å². The van der Waals surface area contributed by atoms with Crippen molar-refractivity contribution in [3.05, 3.63) is 86.8 Å². The standard InChI is InChI=1S/C19H12ClF3N2O5/c20-14-7-5-11(25(27)28)9-17(14)29-10-12-6-8-16(30-12)18(26)24-15-4-2-1-3-13(15)19(21,22)23/h1-9H,10H2,(H,24,26). The number of hydrogen-bond donors (Lipinski definition) is 1. The van der Waals surface area contributed by atoms with Gasteiger partial charge in [-0.15, -0.1) is 0 Å². The predicted octanol–water partition coefficient (Wildman–Crippen LogP) is 5.69. The number of nitro groups is 1. The zero-order valence-corrected chi connectivity index (χ0v) is 15.7. The van der Waals surface area contributed by atoms with Crippen molar-refractivity contribution < 1.29 is 32.0 Å². The molecule has 0 fully saturated rings. The number of ether oxygens (including phenoxy) is 1. The van der Waals surface area contributed by atoms with E-state index >= 15 is 0 Å². The van der Waals surface area contributed by atoms with E-state index in [0.29, 0.717) is 0 Å². The van der Waals surface area contributed by atoms with Crippen molar-refractivity contribution >= 4 is 28.9 Å². The minimum atomic E-state index is -4.64. The van der Waals surface area contributed by atoms with Crippen LogP contribution in [-0.4, -0.2) is 10.8 Å². The Morgan fingerprint density at radius 2 is 1.90 bits per heavy atom. The molecule has 0 aliphatic carbocycles. The maximum Gasteiger partial charge on any atom is 0.418 e. The number of halogens is 4. The topological polar surface area (TPSA) is 94.6 Å². The van der Waals surface area contributed by atoms with Gasteiger partial charge in [-0.3, -0.25) is 14.9 Å². The Balaban J connectivity index is 1.69. The molecule has 3 aromatic rings. The zero-order valence-electron chi connectivity index (χ0n) is 14.9. The Bertz CT molecular complexity index is 1100. The van der Waals surface area contributed by atoms with Crippen LogP contribution in [0.2, 0.25) is 5.02 Å². The van der Waals surface area contributed by atoms with E-state index in [4.69, 9.17) is 20.8 Å². The minimum absolute atomic E-state index is 0.0346. The normalized spacial score (nSPS) is 11.2. The van der Waals surface area contributed by atoms with Crippen LogP contribution in [0.5, 0.6) is 5.75 Å². The molecule has 7 nitrogen and oxygen atoms in total. The third-order valence-electron chi connectivity index (χ3n) is 3.86. The van der Waals surface area contributed by atoms with Crippen LogP contribution in [0.15, 0.2) is 59.0 Å². The first-order valence-electron chi connectivity index (χ1n) is 8.28. The largest absolute Gasteiger partial charge is 0.484 e. The predicted molar refractivity (Wildman–Crippen MR) is 101 cm³/mol. The fraction of sp³-hybridized carbons (Fsp3) is 0.105. The fourth-order valence-corrected chi connectivity index (χ4v) is 2.64. The second kappa shape index (κ2) is 8.46. The van der Waals surface area contributed by atoms with Crippen LogP contribution in [-0.2, 0) is 12.8 Å². The molecule has 0 saturated carbocycles. The average Bonchev–Trinajstić information content (AvgIpc) is 3.16. The van der Waals surface area contributed by atoms with E-state index in [1.165, 1.54) is 36.4 Å². The first-order chi connectivity index (χ1) is 14.1. The lowest BCUT2D eigenvalue weighted by Crippen LogP contribution is -2.16. The van der Waals surface area contributed by atoms with Crippen LogP contribution < -0.4 is 10.1 Å². The number of nitro benzene ring substituents is 1. The Morgan fingerprint density at radius 1 is 1.17 bits per heavy atom. The summed E-state index contributed by atoms with van der Waals surface area (Å²) in [6.07, 6.45) is -4.64. The molecule has 1 heterocycles. The molecule has 0 aliphatic rings. The van der Waals surface area contributed by atoms with Crippen molar-refractivity contribution in [3.63, 3.8) is 0 Å². The lowest BCUT2D eigenvalue weighted by molar-refractivity contribution is -0.384. The Morgan fingerprint density at radius 3 is 2.60 bits per heavy atom. The molecular formula is C19H12ClF3N2O5. The number of nitrogens with one attached hydrogen (secondary N) is 1. The molecule has 1 aromatic heterocycles. The molecule has 1 N–H and O–H groups in total. The smallest absolute Gasteiger partial charge is 0.418 e. The van der Waals surface area contributed by atoms with Gasteiger partial charge in [-0.2, -0.15) is 13.2 Å². The maximum absolute atomic E-state index is 13.0. The second-order valence-corrected chi connectivity index (χ2v) is 6.33. The van der Waals surface area contributed by atoms with Crippen molar-refractivity contribution in [2.24, 2.45) is 0 Å². The Kier molecular flexibility index (Phi) is 5.97. The summed E-state index contributed by atoms with van der Waals surface area (Å²) in [4.78, 5) is 22.5. The SMILES string of the molecule is O=C(Nc1ccccc1C(F)(F)F)c1ccc(COc2cc([N+](=O)[O-])ccc2Cl)o1. The molecule has 30 heavy (non-hydrogen) atoms. The van der Waals surface area contributed by atoms with Gasteiger partial charge in [0.1, 0.15) is 18.1 Å². The number of anilines is 1. The number of non-ortho nitro benzene ring substituents is 1.